The van der Waals surface area contributed by atoms with Gasteiger partial charge < -0.3 is 15.1 Å². The van der Waals surface area contributed by atoms with Crippen LogP contribution in [0.1, 0.15) is 28.9 Å². The van der Waals surface area contributed by atoms with Crippen LogP contribution in [0.15, 0.2) is 34.9 Å². The molecule has 1 aromatic carbocycles. The average molecular weight is 300 g/mol. The number of hydrogen-bond acceptors (Lipinski definition) is 3. The molecule has 0 spiro atoms. The predicted octanol–water partition coefficient (Wildman–Crippen LogP) is 2.85. The number of aryl methyl sites for hydroxylation is 3. The predicted molar refractivity (Wildman–Crippen MR) is 84.5 cm³/mol. The first-order valence-electron chi connectivity index (χ1n) is 7.12. The van der Waals surface area contributed by atoms with E-state index in [1.54, 1.807) is 12.1 Å². The molecule has 2 aromatic rings. The van der Waals surface area contributed by atoms with E-state index in [-0.39, 0.29) is 24.8 Å². The van der Waals surface area contributed by atoms with Crippen molar-refractivity contribution in [2.75, 3.05) is 5.32 Å². The zero-order valence-corrected chi connectivity index (χ0v) is 13.0. The van der Waals surface area contributed by atoms with Crippen molar-refractivity contribution in [1.82, 2.24) is 5.32 Å². The topological polar surface area (TPSA) is 71.3 Å². The van der Waals surface area contributed by atoms with Gasteiger partial charge in [-0.3, -0.25) is 9.59 Å². The van der Waals surface area contributed by atoms with Crippen LogP contribution in [0.25, 0.3) is 0 Å². The second-order valence-electron chi connectivity index (χ2n) is 5.35. The molecule has 5 nitrogen and oxygen atoms in total. The number of nitrogens with one attached hydrogen (secondary N) is 2. The zero-order chi connectivity index (χ0) is 16.1. The Balaban J connectivity index is 1.89. The van der Waals surface area contributed by atoms with Crippen molar-refractivity contribution >= 4 is 17.5 Å². The molecule has 0 bridgehead atoms. The summed E-state index contributed by atoms with van der Waals surface area (Å²) in [5, 5.41) is 5.45. The van der Waals surface area contributed by atoms with Gasteiger partial charge in [-0.25, -0.2) is 0 Å². The normalized spacial score (nSPS) is 10.3. The number of benzene rings is 1. The standard InChI is InChI=1S/C17H20N2O3/c1-11-7-12(2)17(13(3)8-11)19-16(21)9-15(20)18-10-14-5-4-6-22-14/h4-8H,9-10H2,1-3H3,(H,18,20)(H,19,21). The maximum atomic E-state index is 12.0. The van der Waals surface area contributed by atoms with Gasteiger partial charge in [0.1, 0.15) is 12.2 Å². The quantitative estimate of drug-likeness (QED) is 0.834. The third-order valence-electron chi connectivity index (χ3n) is 3.30. The van der Waals surface area contributed by atoms with Crippen LogP contribution in [-0.2, 0) is 16.1 Å². The van der Waals surface area contributed by atoms with Crippen LogP contribution in [-0.4, -0.2) is 11.8 Å². The highest BCUT2D eigenvalue weighted by molar-refractivity contribution is 6.04. The molecule has 0 radical (unpaired) electrons. The first kappa shape index (κ1) is 15.8. The summed E-state index contributed by atoms with van der Waals surface area (Å²) < 4.78 is 5.11. The molecule has 2 amide bonds. The van der Waals surface area contributed by atoms with Crippen molar-refractivity contribution in [3.63, 3.8) is 0 Å². The Labute approximate surface area is 129 Å². The summed E-state index contributed by atoms with van der Waals surface area (Å²) in [5.41, 5.74) is 3.89. The molecule has 1 heterocycles. The van der Waals surface area contributed by atoms with Crippen LogP contribution in [0.2, 0.25) is 0 Å². The molecule has 2 rings (SSSR count). The highest BCUT2D eigenvalue weighted by Gasteiger charge is 2.12. The van der Waals surface area contributed by atoms with Gasteiger partial charge in [0.05, 0.1) is 12.8 Å². The van der Waals surface area contributed by atoms with Gasteiger partial charge in [-0.15, -0.1) is 0 Å². The second kappa shape index (κ2) is 6.93. The van der Waals surface area contributed by atoms with E-state index < -0.39 is 0 Å². The first-order chi connectivity index (χ1) is 10.5. The molecule has 22 heavy (non-hydrogen) atoms. The molecular weight excluding hydrogens is 280 g/mol. The minimum Gasteiger partial charge on any atom is -0.467 e. The third-order valence-corrected chi connectivity index (χ3v) is 3.30. The number of amides is 2. The van der Waals surface area contributed by atoms with Crippen LogP contribution < -0.4 is 10.6 Å². The van der Waals surface area contributed by atoms with Gasteiger partial charge in [0.2, 0.25) is 11.8 Å². The Kier molecular flexibility index (Phi) is 4.99. The highest BCUT2D eigenvalue weighted by Crippen LogP contribution is 2.21. The molecule has 1 aromatic heterocycles. The molecule has 0 aliphatic rings. The molecule has 0 unspecified atom stereocenters. The van der Waals surface area contributed by atoms with Gasteiger partial charge in [-0.1, -0.05) is 17.7 Å². The van der Waals surface area contributed by atoms with Gasteiger partial charge in [0.15, 0.2) is 0 Å². The number of rotatable bonds is 5. The van der Waals surface area contributed by atoms with Gasteiger partial charge in [0, 0.05) is 5.69 Å². The lowest BCUT2D eigenvalue weighted by Crippen LogP contribution is -2.27. The molecule has 0 aliphatic heterocycles. The van der Waals surface area contributed by atoms with Crippen LogP contribution in [0, 0.1) is 20.8 Å². The minimum absolute atomic E-state index is 0.215. The smallest absolute Gasteiger partial charge is 0.233 e. The Hall–Kier alpha value is -2.56. The van der Waals surface area contributed by atoms with E-state index in [0.29, 0.717) is 5.76 Å². The van der Waals surface area contributed by atoms with Crippen molar-refractivity contribution < 1.29 is 14.0 Å². The monoisotopic (exact) mass is 300 g/mol. The number of hydrogen-bond donors (Lipinski definition) is 2. The third kappa shape index (κ3) is 4.22. The fraction of sp³-hybridized carbons (Fsp3) is 0.294. The second-order valence-corrected chi connectivity index (χ2v) is 5.35. The maximum Gasteiger partial charge on any atom is 0.233 e. The van der Waals surface area contributed by atoms with Gasteiger partial charge >= 0.3 is 0 Å². The zero-order valence-electron chi connectivity index (χ0n) is 13.0. The largest absolute Gasteiger partial charge is 0.467 e. The summed E-state index contributed by atoms with van der Waals surface area (Å²) in [5.74, 6) is -0.0118. The Morgan fingerprint density at radius 2 is 1.77 bits per heavy atom. The fourth-order valence-corrected chi connectivity index (χ4v) is 2.37. The summed E-state index contributed by atoms with van der Waals surface area (Å²) in [4.78, 5) is 23.7. The summed E-state index contributed by atoms with van der Waals surface area (Å²) >= 11 is 0. The van der Waals surface area contributed by atoms with Gasteiger partial charge in [0.25, 0.3) is 0 Å². The van der Waals surface area contributed by atoms with Crippen LogP contribution in [0.4, 0.5) is 5.69 Å². The van der Waals surface area contributed by atoms with Crippen LogP contribution in [0.3, 0.4) is 0 Å². The van der Waals surface area contributed by atoms with E-state index in [0.717, 1.165) is 22.4 Å². The molecule has 2 N–H and O–H groups in total. The van der Waals surface area contributed by atoms with Crippen molar-refractivity contribution in [1.29, 1.82) is 0 Å². The number of carbonyl (C=O) groups excluding carboxylic acids is 2. The van der Waals surface area contributed by atoms with E-state index in [1.807, 2.05) is 32.9 Å². The SMILES string of the molecule is Cc1cc(C)c(NC(=O)CC(=O)NCc2ccco2)c(C)c1. The molecule has 0 aliphatic carbocycles. The summed E-state index contributed by atoms with van der Waals surface area (Å²) in [6.07, 6.45) is 1.32. The number of carbonyl (C=O) groups is 2. The Morgan fingerprint density at radius 3 is 2.36 bits per heavy atom. The molecule has 116 valence electrons. The van der Waals surface area contributed by atoms with Crippen LogP contribution in [0.5, 0.6) is 0 Å². The van der Waals surface area contributed by atoms with E-state index in [1.165, 1.54) is 6.26 Å². The van der Waals surface area contributed by atoms with Crippen LogP contribution >= 0.6 is 0 Å². The summed E-state index contributed by atoms with van der Waals surface area (Å²) in [6.45, 7) is 6.16. The van der Waals surface area contributed by atoms with Gasteiger partial charge in [-0.2, -0.15) is 0 Å². The lowest BCUT2D eigenvalue weighted by Gasteiger charge is -2.12. The molecule has 0 saturated heterocycles. The Bertz CT molecular complexity index is 652. The summed E-state index contributed by atoms with van der Waals surface area (Å²) in [7, 11) is 0. The molecule has 0 saturated carbocycles. The van der Waals surface area contributed by atoms with E-state index in [9.17, 15) is 9.59 Å². The first-order valence-corrected chi connectivity index (χ1v) is 7.12. The summed E-state index contributed by atoms with van der Waals surface area (Å²) in [6, 6.07) is 7.51. The molecule has 0 atom stereocenters. The highest BCUT2D eigenvalue weighted by atomic mass is 16.3. The minimum atomic E-state index is -0.337. The average Bonchev–Trinajstić information content (AvgIpc) is 2.94. The van der Waals surface area contributed by atoms with Gasteiger partial charge in [-0.05, 0) is 44.0 Å². The van der Waals surface area contributed by atoms with E-state index in [4.69, 9.17) is 4.42 Å². The van der Waals surface area contributed by atoms with Crippen molar-refractivity contribution in [3.8, 4) is 0 Å². The number of furan rings is 1. The lowest BCUT2D eigenvalue weighted by molar-refractivity contribution is -0.127. The molecule has 0 fully saturated rings. The van der Waals surface area contributed by atoms with Crippen molar-refractivity contribution in [2.45, 2.75) is 33.7 Å². The molecular formula is C17H20N2O3. The van der Waals surface area contributed by atoms with Crippen molar-refractivity contribution in [3.05, 3.63) is 53.0 Å². The Morgan fingerprint density at radius 1 is 1.09 bits per heavy atom. The van der Waals surface area contributed by atoms with Crippen molar-refractivity contribution in [2.24, 2.45) is 0 Å². The molecule has 5 heteroatoms. The fourth-order valence-electron chi connectivity index (χ4n) is 2.37. The van der Waals surface area contributed by atoms with E-state index >= 15 is 0 Å². The maximum absolute atomic E-state index is 12.0. The number of anilines is 1. The lowest BCUT2D eigenvalue weighted by atomic mass is 10.1. The van der Waals surface area contributed by atoms with E-state index in [2.05, 4.69) is 10.6 Å².